The topological polar surface area (TPSA) is 57.3 Å². The zero-order valence-electron chi connectivity index (χ0n) is 24.2. The number of rotatable bonds is 4. The Bertz CT molecular complexity index is 685. The molecule has 1 aromatic carbocycles. The fourth-order valence-corrected chi connectivity index (χ4v) is 11.4. The van der Waals surface area contributed by atoms with Crippen LogP contribution in [-0.4, -0.2) is 55.0 Å². The van der Waals surface area contributed by atoms with Gasteiger partial charge in [-0.2, -0.15) is 18.2 Å². The maximum atomic E-state index is 4.94. The Morgan fingerprint density at radius 2 is 1.00 bits per heavy atom. The van der Waals surface area contributed by atoms with Gasteiger partial charge in [-0.05, 0) is 53.4 Å². The molecule has 0 unspecified atom stereocenters. The van der Waals surface area contributed by atoms with Gasteiger partial charge in [0.1, 0.15) is 0 Å². The van der Waals surface area contributed by atoms with Gasteiger partial charge in [-0.1, -0.05) is 55.8 Å². The van der Waals surface area contributed by atoms with Gasteiger partial charge in [0.15, 0.2) is 0 Å². The average molecular weight is 660 g/mol. The Morgan fingerprint density at radius 1 is 0.686 bits per heavy atom. The van der Waals surface area contributed by atoms with Crippen molar-refractivity contribution in [1.29, 1.82) is 0 Å². The second-order valence-electron chi connectivity index (χ2n) is 11.2. The van der Waals surface area contributed by atoms with Gasteiger partial charge in [-0.15, -0.1) is 12.1 Å². The van der Waals surface area contributed by atoms with Crippen molar-refractivity contribution in [3.8, 4) is 0 Å². The molecule has 0 atom stereocenters. The zero-order chi connectivity index (χ0) is 26.0. The molecule has 1 radical (unpaired) electrons. The van der Waals surface area contributed by atoms with Crippen LogP contribution in [0.3, 0.4) is 0 Å². The summed E-state index contributed by atoms with van der Waals surface area (Å²) in [5.41, 5.74) is 0. The molecule has 0 N–H and O–H groups in total. The van der Waals surface area contributed by atoms with E-state index in [4.69, 9.17) is 14.1 Å². The Labute approximate surface area is 259 Å². The molecule has 2 saturated heterocycles. The average Bonchev–Trinajstić information content (AvgIpc) is 3.39. The second kappa shape index (κ2) is 21.5. The zero-order valence-corrected chi connectivity index (χ0v) is 28.7. The van der Waals surface area contributed by atoms with E-state index in [0.717, 1.165) is 37.1 Å². The van der Waals surface area contributed by atoms with Gasteiger partial charge in [0, 0.05) is 49.2 Å². The van der Waals surface area contributed by atoms with Gasteiger partial charge in [0.05, 0.1) is 0 Å². The predicted octanol–water partition coefficient (Wildman–Crippen LogP) is 6.65. The monoisotopic (exact) mass is 660 g/mol. The van der Waals surface area contributed by atoms with Crippen molar-refractivity contribution < 1.29 is 58.9 Å². The molecule has 203 valence electrons. The van der Waals surface area contributed by atoms with Crippen molar-refractivity contribution >= 4 is 16.5 Å². The van der Waals surface area contributed by atoms with Crippen LogP contribution in [0.25, 0.3) is 4.65 Å². The van der Waals surface area contributed by atoms with Crippen LogP contribution in [0, 0.1) is 49.4 Å². The van der Waals surface area contributed by atoms with Gasteiger partial charge in [0.2, 0.25) is 0 Å². The summed E-state index contributed by atoms with van der Waals surface area (Å²) in [6.07, 6.45) is 5.11. The summed E-state index contributed by atoms with van der Waals surface area (Å²) in [4.78, 5) is 9.12. The molecule has 8 heteroatoms. The third-order valence-electron chi connectivity index (χ3n) is 4.11. The first kappa shape index (κ1) is 37.7. The Kier molecular flexibility index (Phi) is 23.2. The van der Waals surface area contributed by atoms with Crippen molar-refractivity contribution in [2.45, 2.75) is 105 Å². The van der Waals surface area contributed by atoms with E-state index < -0.39 is 16.5 Å². The van der Waals surface area contributed by atoms with E-state index in [0.29, 0.717) is 12.1 Å². The number of hydrogen-bond acceptors (Lipinski definition) is 4. The number of ether oxygens (including phenoxy) is 2. The second-order valence-corrected chi connectivity index (χ2v) is 20.8. The van der Waals surface area contributed by atoms with E-state index in [9.17, 15) is 0 Å². The molecule has 0 aliphatic carbocycles. The molecule has 2 aliphatic heterocycles. The SMILES string of the molecule is C1CCOC1.C1CCOC1.CC(C)N=c1cc[cH-]ccc1=NC(C)C.C[Si](C)(C)[N-][Si](C)(C)C.[Eu+2]. The van der Waals surface area contributed by atoms with E-state index >= 15 is 0 Å². The minimum absolute atomic E-state index is 0. The molecule has 35 heavy (non-hydrogen) atoms. The minimum Gasteiger partial charge on any atom is -0.668 e. The molecule has 0 saturated carbocycles. The Balaban J connectivity index is 0. The fourth-order valence-electron chi connectivity index (χ4n) is 3.33. The van der Waals surface area contributed by atoms with Gasteiger partial charge in [-0.3, -0.25) is 9.98 Å². The summed E-state index contributed by atoms with van der Waals surface area (Å²) in [6, 6.07) is 10.6. The number of hydrogen-bond donors (Lipinski definition) is 0. The molecule has 0 spiro atoms. The van der Waals surface area contributed by atoms with E-state index in [2.05, 4.69) is 77.0 Å². The molecular formula is C27H53EuN3O2Si2. The molecule has 1 aromatic rings. The third-order valence-corrected chi connectivity index (χ3v) is 9.48. The van der Waals surface area contributed by atoms with Crippen molar-refractivity contribution in [1.82, 2.24) is 0 Å². The Morgan fingerprint density at radius 3 is 1.17 bits per heavy atom. The summed E-state index contributed by atoms with van der Waals surface area (Å²) < 4.78 is 14.7. The summed E-state index contributed by atoms with van der Waals surface area (Å²) in [5, 5.41) is 1.95. The van der Waals surface area contributed by atoms with Crippen LogP contribution in [0.5, 0.6) is 0 Å². The largest absolute Gasteiger partial charge is 2.00 e. The van der Waals surface area contributed by atoms with Crippen LogP contribution in [0.1, 0.15) is 53.4 Å². The van der Waals surface area contributed by atoms with Crippen LogP contribution in [-0.2, 0) is 9.47 Å². The molecule has 0 bridgehead atoms. The van der Waals surface area contributed by atoms with Crippen molar-refractivity contribution in [2.24, 2.45) is 9.98 Å². The summed E-state index contributed by atoms with van der Waals surface area (Å²) >= 11 is 0. The smallest absolute Gasteiger partial charge is 0.668 e. The van der Waals surface area contributed by atoms with Crippen LogP contribution in [0.2, 0.25) is 39.3 Å². The van der Waals surface area contributed by atoms with Crippen molar-refractivity contribution in [3.05, 3.63) is 45.7 Å². The number of nitrogens with zero attached hydrogens (tertiary/aromatic N) is 3. The first-order valence-electron chi connectivity index (χ1n) is 13.0. The van der Waals surface area contributed by atoms with E-state index in [-0.39, 0.29) is 49.4 Å². The molecule has 2 aliphatic rings. The molecule has 0 aromatic heterocycles. The van der Waals surface area contributed by atoms with Crippen LogP contribution >= 0.6 is 0 Å². The maximum Gasteiger partial charge on any atom is 2.00 e. The first-order valence-corrected chi connectivity index (χ1v) is 19.9. The fraction of sp³-hybridized carbons (Fsp3) is 0.741. The van der Waals surface area contributed by atoms with Crippen LogP contribution < -0.4 is 10.7 Å². The third kappa shape index (κ3) is 27.4. The van der Waals surface area contributed by atoms with Gasteiger partial charge >= 0.3 is 49.4 Å². The molecule has 2 fully saturated rings. The molecule has 0 amide bonds. The standard InChI is InChI=1S/C13H19N2.C6H18NSi2.2C4H8O.Eu/c1-10(2)14-12-8-6-5-7-9-13(12)15-11(3)4;1-8(2,3)7-9(4,5)6;2*1-2-4-5-3-1;/h5-11H,1-4H3;1-6H3;2*1-4H2;/q2*-1;;;+2. The van der Waals surface area contributed by atoms with Gasteiger partial charge < -0.3 is 14.1 Å². The maximum absolute atomic E-state index is 4.94. The van der Waals surface area contributed by atoms with Crippen molar-refractivity contribution in [2.75, 3.05) is 26.4 Å². The van der Waals surface area contributed by atoms with E-state index in [1.807, 2.05) is 30.3 Å². The summed E-state index contributed by atoms with van der Waals surface area (Å²) in [7, 11) is -2.21. The molecular weight excluding hydrogens is 606 g/mol. The Hall–Kier alpha value is 0.588. The van der Waals surface area contributed by atoms with Crippen molar-refractivity contribution in [3.63, 3.8) is 0 Å². The summed E-state index contributed by atoms with van der Waals surface area (Å²) in [5.74, 6) is 0. The van der Waals surface area contributed by atoms with E-state index in [1.165, 1.54) is 25.7 Å². The first-order chi connectivity index (χ1) is 15.8. The normalized spacial score (nSPS) is 16.5. The van der Waals surface area contributed by atoms with E-state index in [1.54, 1.807) is 0 Å². The quantitative estimate of drug-likeness (QED) is 0.269. The predicted molar refractivity (Wildman–Crippen MR) is 154 cm³/mol. The molecule has 2 heterocycles. The van der Waals surface area contributed by atoms with Crippen LogP contribution in [0.4, 0.5) is 0 Å². The van der Waals surface area contributed by atoms with Crippen LogP contribution in [0.15, 0.2) is 40.3 Å². The minimum atomic E-state index is -1.11. The molecule has 3 rings (SSSR count). The van der Waals surface area contributed by atoms with Gasteiger partial charge in [-0.25, -0.2) is 0 Å². The summed E-state index contributed by atoms with van der Waals surface area (Å²) in [6.45, 7) is 26.1. The van der Waals surface area contributed by atoms with Gasteiger partial charge in [0.25, 0.3) is 0 Å². The molecule has 5 nitrogen and oxygen atoms in total.